The van der Waals surface area contributed by atoms with E-state index >= 15 is 0 Å². The van der Waals surface area contributed by atoms with E-state index in [1.807, 2.05) is 13.0 Å². The predicted octanol–water partition coefficient (Wildman–Crippen LogP) is 2.88. The van der Waals surface area contributed by atoms with E-state index in [4.69, 9.17) is 0 Å². The number of methoxy groups -OCH3 is 1. The number of esters is 1. The summed E-state index contributed by atoms with van der Waals surface area (Å²) in [6.45, 7) is 6.17. The largest absolute Gasteiger partial charge is 0.469 e. The number of fused-ring (bicyclic) bond motifs is 1. The van der Waals surface area contributed by atoms with E-state index in [9.17, 15) is 4.79 Å². The first-order valence-corrected chi connectivity index (χ1v) is 5.96. The van der Waals surface area contributed by atoms with Crippen LogP contribution in [0.1, 0.15) is 22.4 Å². The summed E-state index contributed by atoms with van der Waals surface area (Å²) in [6, 6.07) is 6.14. The van der Waals surface area contributed by atoms with E-state index in [1.54, 1.807) is 0 Å². The first-order valence-electron chi connectivity index (χ1n) is 5.96. The molecule has 3 heteroatoms. The second kappa shape index (κ2) is 4.77. The summed E-state index contributed by atoms with van der Waals surface area (Å²) in [7, 11) is 1.39. The van der Waals surface area contributed by atoms with Crippen molar-refractivity contribution in [2.24, 2.45) is 0 Å². The van der Waals surface area contributed by atoms with Gasteiger partial charge in [0.15, 0.2) is 0 Å². The van der Waals surface area contributed by atoms with Crippen LogP contribution in [0.3, 0.4) is 0 Å². The zero-order valence-corrected chi connectivity index (χ0v) is 11.2. The Labute approximate surface area is 107 Å². The highest BCUT2D eigenvalue weighted by molar-refractivity contribution is 5.86. The number of hydrogen-bond donors (Lipinski definition) is 0. The highest BCUT2D eigenvalue weighted by Gasteiger charge is 2.09. The molecule has 0 saturated carbocycles. The molecule has 0 saturated heterocycles. The van der Waals surface area contributed by atoms with E-state index in [0.29, 0.717) is 0 Å². The average Bonchev–Trinajstić information content (AvgIpc) is 2.34. The highest BCUT2D eigenvalue weighted by Crippen LogP contribution is 2.23. The molecular weight excluding hydrogens is 226 g/mol. The van der Waals surface area contributed by atoms with Crippen LogP contribution in [0.15, 0.2) is 18.2 Å². The summed E-state index contributed by atoms with van der Waals surface area (Å²) < 4.78 is 4.68. The predicted molar refractivity (Wildman–Crippen MR) is 71.7 cm³/mol. The maximum Gasteiger partial charge on any atom is 0.311 e. The number of aromatic nitrogens is 1. The summed E-state index contributed by atoms with van der Waals surface area (Å²) in [4.78, 5) is 15.9. The molecule has 1 aromatic carbocycles. The number of rotatable bonds is 2. The molecular formula is C15H17NO2. The molecule has 0 radical (unpaired) electrons. The van der Waals surface area contributed by atoms with Gasteiger partial charge in [0.2, 0.25) is 0 Å². The molecule has 0 aliphatic carbocycles. The Kier molecular flexibility index (Phi) is 3.32. The van der Waals surface area contributed by atoms with Crippen LogP contribution in [-0.4, -0.2) is 18.1 Å². The lowest BCUT2D eigenvalue weighted by molar-refractivity contribution is -0.139. The van der Waals surface area contributed by atoms with E-state index in [-0.39, 0.29) is 12.4 Å². The number of ether oxygens (including phenoxy) is 1. The van der Waals surface area contributed by atoms with Gasteiger partial charge in [0, 0.05) is 5.39 Å². The smallest absolute Gasteiger partial charge is 0.311 e. The number of aryl methyl sites for hydroxylation is 3. The van der Waals surface area contributed by atoms with Crippen LogP contribution in [0.25, 0.3) is 10.9 Å². The fourth-order valence-corrected chi connectivity index (χ4v) is 2.08. The Bertz CT molecular complexity index is 617. The van der Waals surface area contributed by atoms with Gasteiger partial charge >= 0.3 is 5.97 Å². The van der Waals surface area contributed by atoms with E-state index in [0.717, 1.165) is 22.2 Å². The Morgan fingerprint density at radius 1 is 1.22 bits per heavy atom. The van der Waals surface area contributed by atoms with Crippen molar-refractivity contribution in [1.82, 2.24) is 4.98 Å². The van der Waals surface area contributed by atoms with Crippen molar-refractivity contribution in [3.05, 3.63) is 40.6 Å². The van der Waals surface area contributed by atoms with Crippen LogP contribution in [0, 0.1) is 20.8 Å². The summed E-state index contributed by atoms with van der Waals surface area (Å²) in [5, 5.41) is 1.15. The van der Waals surface area contributed by atoms with Gasteiger partial charge in [0.05, 0.1) is 24.7 Å². The van der Waals surface area contributed by atoms with E-state index < -0.39 is 0 Å². The molecule has 0 spiro atoms. The summed E-state index contributed by atoms with van der Waals surface area (Å²) in [6.07, 6.45) is 0.223. The lowest BCUT2D eigenvalue weighted by Crippen LogP contribution is -2.07. The maximum atomic E-state index is 11.3. The third kappa shape index (κ3) is 2.21. The summed E-state index contributed by atoms with van der Waals surface area (Å²) >= 11 is 0. The van der Waals surface area contributed by atoms with Gasteiger partial charge in [0.1, 0.15) is 0 Å². The second-order valence-electron chi connectivity index (χ2n) is 4.59. The minimum atomic E-state index is -0.258. The zero-order chi connectivity index (χ0) is 13.3. The number of carbonyl (C=O) groups is 1. The third-order valence-electron chi connectivity index (χ3n) is 3.32. The molecule has 2 aromatic rings. The molecule has 0 bridgehead atoms. The lowest BCUT2D eigenvalue weighted by atomic mass is 10.0. The Balaban J connectivity index is 2.59. The van der Waals surface area contributed by atoms with Crippen LogP contribution in [0.4, 0.5) is 0 Å². The number of hydrogen-bond acceptors (Lipinski definition) is 3. The minimum absolute atomic E-state index is 0.223. The highest BCUT2D eigenvalue weighted by atomic mass is 16.5. The number of pyridine rings is 1. The van der Waals surface area contributed by atoms with Crippen LogP contribution in [0.2, 0.25) is 0 Å². The van der Waals surface area contributed by atoms with Crippen molar-refractivity contribution in [2.75, 3.05) is 7.11 Å². The zero-order valence-electron chi connectivity index (χ0n) is 11.2. The molecule has 0 atom stereocenters. The fourth-order valence-electron chi connectivity index (χ4n) is 2.08. The quantitative estimate of drug-likeness (QED) is 0.761. The first kappa shape index (κ1) is 12.6. The Hall–Kier alpha value is -1.90. The van der Waals surface area contributed by atoms with E-state index in [1.165, 1.54) is 18.2 Å². The van der Waals surface area contributed by atoms with E-state index in [2.05, 4.69) is 35.7 Å². The fraction of sp³-hybridized carbons (Fsp3) is 0.333. The Morgan fingerprint density at radius 3 is 2.61 bits per heavy atom. The van der Waals surface area contributed by atoms with Crippen molar-refractivity contribution < 1.29 is 9.53 Å². The molecule has 0 N–H and O–H groups in total. The van der Waals surface area contributed by atoms with Gasteiger partial charge < -0.3 is 4.74 Å². The summed E-state index contributed by atoms with van der Waals surface area (Å²) in [5.74, 6) is -0.258. The van der Waals surface area contributed by atoms with Crippen molar-refractivity contribution in [3.8, 4) is 0 Å². The summed E-state index contributed by atoms with van der Waals surface area (Å²) in [5.41, 5.74) is 5.27. The molecule has 3 nitrogen and oxygen atoms in total. The molecule has 0 unspecified atom stereocenters. The van der Waals surface area contributed by atoms with Crippen LogP contribution >= 0.6 is 0 Å². The maximum absolute atomic E-state index is 11.3. The first-order chi connectivity index (χ1) is 8.52. The SMILES string of the molecule is COC(=O)Cc1cc(C)c2ccc(C)c(C)c2n1. The lowest BCUT2D eigenvalue weighted by Gasteiger charge is -2.10. The van der Waals surface area contributed by atoms with Gasteiger partial charge in [-0.15, -0.1) is 0 Å². The standard InChI is InChI=1S/C15H17NO2/c1-9-5-6-13-10(2)7-12(8-14(17)18-4)16-15(13)11(9)3/h5-7H,8H2,1-4H3. The number of nitrogens with zero attached hydrogens (tertiary/aromatic N) is 1. The van der Waals surface area contributed by atoms with Crippen molar-refractivity contribution >= 4 is 16.9 Å². The molecule has 2 rings (SSSR count). The monoisotopic (exact) mass is 243 g/mol. The second-order valence-corrected chi connectivity index (χ2v) is 4.59. The molecule has 0 aliphatic rings. The van der Waals surface area contributed by atoms with Gasteiger partial charge in [-0.1, -0.05) is 12.1 Å². The van der Waals surface area contributed by atoms with Gasteiger partial charge in [-0.05, 0) is 43.5 Å². The van der Waals surface area contributed by atoms with Gasteiger partial charge in [-0.3, -0.25) is 9.78 Å². The Morgan fingerprint density at radius 2 is 1.94 bits per heavy atom. The molecule has 94 valence electrons. The van der Waals surface area contributed by atoms with Crippen molar-refractivity contribution in [3.63, 3.8) is 0 Å². The molecule has 1 aromatic heterocycles. The van der Waals surface area contributed by atoms with Gasteiger partial charge in [-0.25, -0.2) is 0 Å². The van der Waals surface area contributed by atoms with Crippen molar-refractivity contribution in [2.45, 2.75) is 27.2 Å². The minimum Gasteiger partial charge on any atom is -0.469 e. The van der Waals surface area contributed by atoms with Crippen LogP contribution in [-0.2, 0) is 16.0 Å². The van der Waals surface area contributed by atoms with Crippen molar-refractivity contribution in [1.29, 1.82) is 0 Å². The van der Waals surface area contributed by atoms with Crippen LogP contribution in [0.5, 0.6) is 0 Å². The molecule has 0 amide bonds. The van der Waals surface area contributed by atoms with Gasteiger partial charge in [0.25, 0.3) is 0 Å². The molecule has 1 heterocycles. The molecule has 0 fully saturated rings. The average molecular weight is 243 g/mol. The number of benzene rings is 1. The topological polar surface area (TPSA) is 39.2 Å². The molecule has 18 heavy (non-hydrogen) atoms. The molecule has 0 aliphatic heterocycles. The normalized spacial score (nSPS) is 10.7. The number of carbonyl (C=O) groups excluding carboxylic acids is 1. The van der Waals surface area contributed by atoms with Crippen LogP contribution < -0.4 is 0 Å². The third-order valence-corrected chi connectivity index (χ3v) is 3.32. The van der Waals surface area contributed by atoms with Gasteiger partial charge in [-0.2, -0.15) is 0 Å².